The zero-order valence-corrected chi connectivity index (χ0v) is 19.5. The molecular formula is C24H33N5O3. The van der Waals surface area contributed by atoms with Crippen LogP contribution < -0.4 is 25.4 Å². The third-order valence-corrected chi connectivity index (χ3v) is 5.31. The summed E-state index contributed by atoms with van der Waals surface area (Å²) in [6.07, 6.45) is 0.912. The highest BCUT2D eigenvalue weighted by molar-refractivity contribution is 5.89. The summed E-state index contributed by atoms with van der Waals surface area (Å²) in [6.45, 7) is 6.12. The van der Waals surface area contributed by atoms with Gasteiger partial charge in [0, 0.05) is 38.4 Å². The number of benzene rings is 2. The van der Waals surface area contributed by atoms with Crippen molar-refractivity contribution in [3.8, 4) is 11.5 Å². The number of carbonyl (C=O) groups excluding carboxylic acids is 1. The molecule has 0 bridgehead atoms. The lowest BCUT2D eigenvalue weighted by atomic mass is 9.99. The van der Waals surface area contributed by atoms with Crippen molar-refractivity contribution < 1.29 is 14.3 Å². The predicted octanol–water partition coefficient (Wildman–Crippen LogP) is 3.37. The normalized spacial score (nSPS) is 13.4. The van der Waals surface area contributed by atoms with Gasteiger partial charge in [-0.3, -0.25) is 4.99 Å². The van der Waals surface area contributed by atoms with E-state index in [0.717, 1.165) is 48.2 Å². The largest absolute Gasteiger partial charge is 0.493 e. The molecule has 1 aliphatic heterocycles. The molecule has 172 valence electrons. The second kappa shape index (κ2) is 10.7. The van der Waals surface area contributed by atoms with Gasteiger partial charge < -0.3 is 30.3 Å². The molecule has 0 saturated heterocycles. The van der Waals surface area contributed by atoms with Crippen molar-refractivity contribution in [3.05, 3.63) is 53.1 Å². The van der Waals surface area contributed by atoms with Crippen LogP contribution in [0.4, 0.5) is 10.5 Å². The second-order valence-corrected chi connectivity index (χ2v) is 8.00. The molecule has 0 aliphatic carbocycles. The van der Waals surface area contributed by atoms with Crippen molar-refractivity contribution in [3.63, 3.8) is 0 Å². The first-order valence-electron chi connectivity index (χ1n) is 10.8. The van der Waals surface area contributed by atoms with Gasteiger partial charge >= 0.3 is 6.03 Å². The van der Waals surface area contributed by atoms with E-state index in [0.29, 0.717) is 6.54 Å². The summed E-state index contributed by atoms with van der Waals surface area (Å²) >= 11 is 0. The summed E-state index contributed by atoms with van der Waals surface area (Å²) in [5.41, 5.74) is 4.35. The van der Waals surface area contributed by atoms with Crippen molar-refractivity contribution >= 4 is 17.7 Å². The molecule has 0 unspecified atom stereocenters. The minimum absolute atomic E-state index is 0.0927. The van der Waals surface area contributed by atoms with Gasteiger partial charge in [0.1, 0.15) is 0 Å². The summed E-state index contributed by atoms with van der Waals surface area (Å²) in [6, 6.07) is 11.8. The van der Waals surface area contributed by atoms with E-state index in [9.17, 15) is 4.79 Å². The van der Waals surface area contributed by atoms with E-state index in [1.807, 2.05) is 38.1 Å². The molecule has 1 heterocycles. The van der Waals surface area contributed by atoms with E-state index in [-0.39, 0.29) is 12.1 Å². The van der Waals surface area contributed by atoms with Gasteiger partial charge in [0.15, 0.2) is 17.5 Å². The van der Waals surface area contributed by atoms with Crippen LogP contribution in [0.1, 0.15) is 30.5 Å². The van der Waals surface area contributed by atoms with Gasteiger partial charge in [0.2, 0.25) is 0 Å². The van der Waals surface area contributed by atoms with E-state index in [2.05, 4.69) is 38.0 Å². The highest BCUT2D eigenvalue weighted by atomic mass is 16.5. The number of anilines is 1. The first-order valence-corrected chi connectivity index (χ1v) is 10.8. The Morgan fingerprint density at radius 1 is 1.09 bits per heavy atom. The first-order chi connectivity index (χ1) is 15.4. The topological polar surface area (TPSA) is 87.2 Å². The van der Waals surface area contributed by atoms with Crippen molar-refractivity contribution in [2.45, 2.75) is 39.4 Å². The summed E-state index contributed by atoms with van der Waals surface area (Å²) < 4.78 is 10.9. The van der Waals surface area contributed by atoms with E-state index >= 15 is 0 Å². The van der Waals surface area contributed by atoms with Crippen LogP contribution in [-0.2, 0) is 19.5 Å². The zero-order valence-electron chi connectivity index (χ0n) is 19.5. The van der Waals surface area contributed by atoms with Gasteiger partial charge in [0.25, 0.3) is 0 Å². The number of urea groups is 1. The maximum absolute atomic E-state index is 11.8. The average molecular weight is 440 g/mol. The minimum Gasteiger partial charge on any atom is -0.493 e. The molecular weight excluding hydrogens is 406 g/mol. The fraction of sp³-hybridized carbons (Fsp3) is 0.417. The minimum atomic E-state index is -0.203. The summed E-state index contributed by atoms with van der Waals surface area (Å²) in [5.74, 6) is 2.36. The molecule has 3 rings (SSSR count). The molecule has 0 radical (unpaired) electrons. The number of nitrogens with zero attached hydrogens (tertiary/aromatic N) is 2. The maximum Gasteiger partial charge on any atom is 0.319 e. The van der Waals surface area contributed by atoms with Crippen LogP contribution in [0, 0.1) is 0 Å². The van der Waals surface area contributed by atoms with Crippen LogP contribution in [-0.4, -0.2) is 50.7 Å². The Hall–Kier alpha value is -3.42. The Bertz CT molecular complexity index is 957. The van der Waals surface area contributed by atoms with E-state index in [4.69, 9.17) is 9.47 Å². The van der Waals surface area contributed by atoms with Crippen LogP contribution in [0.5, 0.6) is 11.5 Å². The van der Waals surface area contributed by atoms with Crippen LogP contribution in [0.15, 0.2) is 41.4 Å². The number of ether oxygens (including phenoxy) is 2. The molecule has 0 fully saturated rings. The van der Waals surface area contributed by atoms with Gasteiger partial charge in [-0.05, 0) is 61.2 Å². The van der Waals surface area contributed by atoms with Crippen LogP contribution in [0.25, 0.3) is 0 Å². The molecule has 2 amide bonds. The Morgan fingerprint density at radius 3 is 2.34 bits per heavy atom. The van der Waals surface area contributed by atoms with Crippen molar-refractivity contribution in [2.75, 3.05) is 33.1 Å². The maximum atomic E-state index is 11.8. The molecule has 32 heavy (non-hydrogen) atoms. The first kappa shape index (κ1) is 23.2. The molecule has 8 nitrogen and oxygen atoms in total. The van der Waals surface area contributed by atoms with Gasteiger partial charge in [-0.1, -0.05) is 12.1 Å². The lowest BCUT2D eigenvalue weighted by Gasteiger charge is -2.32. The van der Waals surface area contributed by atoms with E-state index in [1.54, 1.807) is 21.3 Å². The van der Waals surface area contributed by atoms with E-state index < -0.39 is 0 Å². The molecule has 8 heteroatoms. The average Bonchev–Trinajstić information content (AvgIpc) is 2.78. The fourth-order valence-electron chi connectivity index (χ4n) is 3.71. The number of nitrogens with one attached hydrogen (secondary N) is 3. The number of amides is 2. The lowest BCUT2D eigenvalue weighted by molar-refractivity contribution is 0.250. The van der Waals surface area contributed by atoms with E-state index in [1.165, 1.54) is 11.1 Å². The van der Waals surface area contributed by atoms with Gasteiger partial charge in [-0.15, -0.1) is 0 Å². The number of hydrogen-bond acceptors (Lipinski definition) is 4. The van der Waals surface area contributed by atoms with Crippen LogP contribution in [0.2, 0.25) is 0 Å². The Kier molecular flexibility index (Phi) is 7.81. The number of methoxy groups -OCH3 is 2. The third-order valence-electron chi connectivity index (χ3n) is 5.31. The number of hydrogen-bond donors (Lipinski definition) is 3. The highest BCUT2D eigenvalue weighted by Crippen LogP contribution is 2.33. The molecule has 3 N–H and O–H groups in total. The van der Waals surface area contributed by atoms with Crippen LogP contribution in [0.3, 0.4) is 0 Å². The Balaban J connectivity index is 1.59. The molecule has 2 aromatic rings. The molecule has 0 saturated carbocycles. The quantitative estimate of drug-likeness (QED) is 0.475. The van der Waals surface area contributed by atoms with Crippen molar-refractivity contribution in [2.24, 2.45) is 4.99 Å². The highest BCUT2D eigenvalue weighted by Gasteiger charge is 2.21. The summed E-state index contributed by atoms with van der Waals surface area (Å²) in [7, 11) is 5.11. The zero-order chi connectivity index (χ0) is 23.1. The predicted molar refractivity (Wildman–Crippen MR) is 128 cm³/mol. The molecule has 2 aromatic carbocycles. The third kappa shape index (κ3) is 5.84. The SMILES string of the molecule is CN=C(NCc1ccc(NC(=O)NC(C)C)cc1)N1CCc2cc(OC)c(OC)cc2C1. The Morgan fingerprint density at radius 2 is 1.75 bits per heavy atom. The Labute approximate surface area is 190 Å². The molecule has 0 spiro atoms. The molecule has 0 atom stereocenters. The smallest absolute Gasteiger partial charge is 0.319 e. The summed E-state index contributed by atoms with van der Waals surface area (Å²) in [5, 5.41) is 9.09. The monoisotopic (exact) mass is 439 g/mol. The number of rotatable bonds is 6. The van der Waals surface area contributed by atoms with Gasteiger partial charge in [-0.25, -0.2) is 4.79 Å². The second-order valence-electron chi connectivity index (χ2n) is 8.00. The molecule has 1 aliphatic rings. The van der Waals surface area contributed by atoms with Crippen molar-refractivity contribution in [1.82, 2.24) is 15.5 Å². The summed E-state index contributed by atoms with van der Waals surface area (Å²) in [4.78, 5) is 18.5. The van der Waals surface area contributed by atoms with Crippen LogP contribution >= 0.6 is 0 Å². The number of fused-ring (bicyclic) bond motifs is 1. The van der Waals surface area contributed by atoms with Crippen molar-refractivity contribution in [1.29, 1.82) is 0 Å². The van der Waals surface area contributed by atoms with Gasteiger partial charge in [0.05, 0.1) is 14.2 Å². The number of carbonyl (C=O) groups is 1. The fourth-order valence-corrected chi connectivity index (χ4v) is 3.71. The number of guanidine groups is 1. The lowest BCUT2D eigenvalue weighted by Crippen LogP contribution is -2.43. The standard InChI is InChI=1S/C24H33N5O3/c1-16(2)27-24(30)28-20-8-6-17(7-9-20)14-26-23(25-3)29-11-10-18-12-21(31-4)22(32-5)13-19(18)15-29/h6-9,12-13,16H,10-11,14-15H2,1-5H3,(H,25,26)(H2,27,28,30). The molecule has 0 aromatic heterocycles. The number of aliphatic imine (C=N–C) groups is 1. The van der Waals surface area contributed by atoms with Gasteiger partial charge in [-0.2, -0.15) is 0 Å².